The third-order valence-corrected chi connectivity index (χ3v) is 3.86. The molecule has 0 bridgehead atoms. The predicted molar refractivity (Wildman–Crippen MR) is 88.6 cm³/mol. The fraction of sp³-hybridized carbons (Fsp3) is 0.438. The van der Waals surface area contributed by atoms with Crippen LogP contribution in [0.3, 0.4) is 0 Å². The second-order valence-corrected chi connectivity index (χ2v) is 5.30. The monoisotopic (exact) mass is 309 g/mol. The second kappa shape index (κ2) is 8.82. The Labute approximate surface area is 132 Å². The molecule has 1 saturated heterocycles. The van der Waals surface area contributed by atoms with Gasteiger partial charge in [-0.3, -0.25) is 9.69 Å². The maximum Gasteiger partial charge on any atom is 0.234 e. The highest BCUT2D eigenvalue weighted by molar-refractivity contribution is 5.85. The molecule has 2 atom stereocenters. The highest BCUT2D eigenvalue weighted by Gasteiger charge is 2.33. The van der Waals surface area contributed by atoms with Crippen LogP contribution in [0.5, 0.6) is 0 Å². The van der Waals surface area contributed by atoms with Crippen molar-refractivity contribution in [1.29, 1.82) is 0 Å². The average molecular weight is 310 g/mol. The third kappa shape index (κ3) is 4.84. The lowest BCUT2D eigenvalue weighted by atomic mass is 9.89. The lowest BCUT2D eigenvalue weighted by Gasteiger charge is -2.16. The summed E-state index contributed by atoms with van der Waals surface area (Å²) in [5.41, 5.74) is 7.21. The van der Waals surface area contributed by atoms with E-state index >= 15 is 0 Å². The molecule has 0 saturated carbocycles. The maximum atomic E-state index is 11.8. The lowest BCUT2D eigenvalue weighted by molar-refractivity contribution is -0.121. The highest BCUT2D eigenvalue weighted by Crippen LogP contribution is 2.31. The number of amides is 1. The molecule has 1 heterocycles. The quantitative estimate of drug-likeness (QED) is 0.781. The molecule has 1 aliphatic heterocycles. The molecule has 0 spiro atoms. The van der Waals surface area contributed by atoms with E-state index < -0.39 is 0 Å². The molecular formula is C16H24ClN3O. The first-order valence-electron chi connectivity index (χ1n) is 7.09. The van der Waals surface area contributed by atoms with Gasteiger partial charge in [0, 0.05) is 25.6 Å². The number of halogens is 1. The summed E-state index contributed by atoms with van der Waals surface area (Å²) in [6, 6.07) is 10.4. The maximum absolute atomic E-state index is 11.8. The first kappa shape index (κ1) is 17.7. The van der Waals surface area contributed by atoms with Crippen LogP contribution in [0.4, 0.5) is 0 Å². The summed E-state index contributed by atoms with van der Waals surface area (Å²) < 4.78 is 0. The van der Waals surface area contributed by atoms with Crippen molar-refractivity contribution < 1.29 is 4.79 Å². The van der Waals surface area contributed by atoms with E-state index in [4.69, 9.17) is 5.73 Å². The normalized spacial score (nSPS) is 21.6. The zero-order chi connectivity index (χ0) is 14.4. The Hall–Kier alpha value is -1.36. The number of hydrogen-bond acceptors (Lipinski definition) is 3. The third-order valence-electron chi connectivity index (χ3n) is 3.86. The average Bonchev–Trinajstić information content (AvgIpc) is 2.89. The molecule has 0 aliphatic carbocycles. The van der Waals surface area contributed by atoms with Crippen molar-refractivity contribution in [3.05, 3.63) is 48.6 Å². The van der Waals surface area contributed by atoms with Crippen molar-refractivity contribution in [1.82, 2.24) is 10.2 Å². The fourth-order valence-corrected chi connectivity index (χ4v) is 2.85. The SMILES string of the molecule is C=CCNC(=O)CN1C[C@@H](CN)[C@H](c2ccccc2)C1.Cl. The minimum atomic E-state index is 0. The molecular weight excluding hydrogens is 286 g/mol. The minimum Gasteiger partial charge on any atom is -0.352 e. The summed E-state index contributed by atoms with van der Waals surface area (Å²) in [6.45, 7) is 7.00. The Balaban J connectivity index is 0.00000220. The molecule has 3 N–H and O–H groups in total. The molecule has 5 heteroatoms. The van der Waals surface area contributed by atoms with Crippen molar-refractivity contribution in [3.63, 3.8) is 0 Å². The molecule has 1 aromatic carbocycles. The number of carbonyl (C=O) groups is 1. The Kier molecular flexibility index (Phi) is 7.43. The number of rotatable bonds is 6. The largest absolute Gasteiger partial charge is 0.352 e. The molecule has 1 aliphatic rings. The summed E-state index contributed by atoms with van der Waals surface area (Å²) in [5, 5.41) is 2.82. The van der Waals surface area contributed by atoms with Crippen LogP contribution in [0.1, 0.15) is 11.5 Å². The van der Waals surface area contributed by atoms with Gasteiger partial charge in [-0.05, 0) is 18.0 Å². The van der Waals surface area contributed by atoms with Crippen LogP contribution in [0.2, 0.25) is 0 Å². The number of nitrogens with two attached hydrogens (primary N) is 1. The van der Waals surface area contributed by atoms with Gasteiger partial charge in [-0.15, -0.1) is 19.0 Å². The molecule has 0 radical (unpaired) electrons. The van der Waals surface area contributed by atoms with Gasteiger partial charge in [0.05, 0.1) is 6.54 Å². The number of nitrogens with one attached hydrogen (secondary N) is 1. The summed E-state index contributed by atoms with van der Waals surface area (Å²) in [5.74, 6) is 0.896. The first-order chi connectivity index (χ1) is 9.74. The topological polar surface area (TPSA) is 58.4 Å². The van der Waals surface area contributed by atoms with E-state index in [0.29, 0.717) is 31.5 Å². The number of likely N-dealkylation sites (tertiary alicyclic amines) is 1. The van der Waals surface area contributed by atoms with Gasteiger partial charge in [0.15, 0.2) is 0 Å². The van der Waals surface area contributed by atoms with Gasteiger partial charge in [0.1, 0.15) is 0 Å². The van der Waals surface area contributed by atoms with E-state index in [-0.39, 0.29) is 18.3 Å². The molecule has 1 fully saturated rings. The zero-order valence-electron chi connectivity index (χ0n) is 12.2. The number of nitrogens with zero attached hydrogens (tertiary/aromatic N) is 1. The number of benzene rings is 1. The van der Waals surface area contributed by atoms with E-state index in [0.717, 1.165) is 13.1 Å². The van der Waals surface area contributed by atoms with Gasteiger partial charge in [0.25, 0.3) is 0 Å². The highest BCUT2D eigenvalue weighted by atomic mass is 35.5. The van der Waals surface area contributed by atoms with Crippen LogP contribution >= 0.6 is 12.4 Å². The summed E-state index contributed by atoms with van der Waals surface area (Å²) in [4.78, 5) is 14.0. The van der Waals surface area contributed by atoms with E-state index in [1.807, 2.05) is 6.07 Å². The van der Waals surface area contributed by atoms with Crippen LogP contribution < -0.4 is 11.1 Å². The second-order valence-electron chi connectivity index (χ2n) is 5.30. The first-order valence-corrected chi connectivity index (χ1v) is 7.09. The summed E-state index contributed by atoms with van der Waals surface area (Å²) in [7, 11) is 0. The van der Waals surface area contributed by atoms with Crippen molar-refractivity contribution in [2.24, 2.45) is 11.7 Å². The Morgan fingerprint density at radius 2 is 2.10 bits per heavy atom. The Morgan fingerprint density at radius 1 is 1.38 bits per heavy atom. The molecule has 4 nitrogen and oxygen atoms in total. The fourth-order valence-electron chi connectivity index (χ4n) is 2.85. The molecule has 21 heavy (non-hydrogen) atoms. The van der Waals surface area contributed by atoms with Crippen molar-refractivity contribution in [2.45, 2.75) is 5.92 Å². The van der Waals surface area contributed by atoms with Gasteiger partial charge in [-0.25, -0.2) is 0 Å². The molecule has 0 unspecified atom stereocenters. The molecule has 1 amide bonds. The van der Waals surface area contributed by atoms with Gasteiger partial charge >= 0.3 is 0 Å². The minimum absolute atomic E-state index is 0. The van der Waals surface area contributed by atoms with Crippen molar-refractivity contribution in [2.75, 3.05) is 32.7 Å². The van der Waals surface area contributed by atoms with Gasteiger partial charge in [-0.1, -0.05) is 36.4 Å². The number of carbonyl (C=O) groups excluding carboxylic acids is 1. The molecule has 0 aromatic heterocycles. The Morgan fingerprint density at radius 3 is 2.71 bits per heavy atom. The lowest BCUT2D eigenvalue weighted by Crippen LogP contribution is -2.36. The van der Waals surface area contributed by atoms with E-state index in [9.17, 15) is 4.79 Å². The smallest absolute Gasteiger partial charge is 0.234 e. The van der Waals surface area contributed by atoms with Crippen LogP contribution in [0.25, 0.3) is 0 Å². The van der Waals surface area contributed by atoms with E-state index in [2.05, 4.69) is 41.1 Å². The standard InChI is InChI=1S/C16H23N3O.ClH/c1-2-8-18-16(20)12-19-10-14(9-17)15(11-19)13-6-4-3-5-7-13;/h2-7,14-15H,1,8-12,17H2,(H,18,20);1H/t14-,15+;/m1./s1. The van der Waals surface area contributed by atoms with E-state index in [1.54, 1.807) is 6.08 Å². The van der Waals surface area contributed by atoms with Gasteiger partial charge < -0.3 is 11.1 Å². The zero-order valence-corrected chi connectivity index (χ0v) is 13.0. The van der Waals surface area contributed by atoms with Crippen molar-refractivity contribution >= 4 is 18.3 Å². The van der Waals surface area contributed by atoms with Crippen LogP contribution in [-0.4, -0.2) is 43.5 Å². The van der Waals surface area contributed by atoms with E-state index in [1.165, 1.54) is 5.56 Å². The molecule has 1 aromatic rings. The van der Waals surface area contributed by atoms with Gasteiger partial charge in [-0.2, -0.15) is 0 Å². The molecule has 116 valence electrons. The molecule has 2 rings (SSSR count). The van der Waals surface area contributed by atoms with Gasteiger partial charge in [0.2, 0.25) is 5.91 Å². The summed E-state index contributed by atoms with van der Waals surface area (Å²) in [6.07, 6.45) is 1.69. The van der Waals surface area contributed by atoms with Crippen LogP contribution in [0.15, 0.2) is 43.0 Å². The predicted octanol–water partition coefficient (Wildman–Crippen LogP) is 1.38. The Bertz CT molecular complexity index is 452. The number of hydrogen-bond donors (Lipinski definition) is 2. The van der Waals surface area contributed by atoms with Crippen LogP contribution in [0, 0.1) is 5.92 Å². The summed E-state index contributed by atoms with van der Waals surface area (Å²) >= 11 is 0. The van der Waals surface area contributed by atoms with Crippen molar-refractivity contribution in [3.8, 4) is 0 Å². The van der Waals surface area contributed by atoms with Crippen LogP contribution in [-0.2, 0) is 4.79 Å².